The highest BCUT2D eigenvalue weighted by Gasteiger charge is 2.10. The molecule has 0 spiro atoms. The molecular formula is C14H18N4O2S. The van der Waals surface area contributed by atoms with E-state index in [9.17, 15) is 4.79 Å². The second-order valence-corrected chi connectivity index (χ2v) is 5.78. The highest BCUT2D eigenvalue weighted by Crippen LogP contribution is 2.20. The minimum atomic E-state index is -0.304. The third-order valence-corrected chi connectivity index (χ3v) is 3.75. The van der Waals surface area contributed by atoms with E-state index in [4.69, 9.17) is 10.6 Å². The number of aromatic nitrogens is 3. The maximum Gasteiger partial charge on any atom is 0.338 e. The Balaban J connectivity index is 1.96. The molecule has 0 bridgehead atoms. The first-order valence-electron chi connectivity index (χ1n) is 6.57. The van der Waals surface area contributed by atoms with Crippen LogP contribution in [0.1, 0.15) is 35.6 Å². The van der Waals surface area contributed by atoms with E-state index in [2.05, 4.69) is 10.2 Å². The average Bonchev–Trinajstić information content (AvgIpc) is 2.76. The van der Waals surface area contributed by atoms with Crippen LogP contribution in [0.2, 0.25) is 0 Å². The Morgan fingerprint density at radius 1 is 1.33 bits per heavy atom. The summed E-state index contributed by atoms with van der Waals surface area (Å²) >= 11 is 1.49. The Kier molecular flexibility index (Phi) is 4.85. The fraction of sp³-hybridized carbons (Fsp3) is 0.357. The van der Waals surface area contributed by atoms with Gasteiger partial charge in [0.25, 0.3) is 0 Å². The van der Waals surface area contributed by atoms with Gasteiger partial charge in [-0.3, -0.25) is 0 Å². The van der Waals surface area contributed by atoms with Crippen LogP contribution in [-0.2, 0) is 10.5 Å². The van der Waals surface area contributed by atoms with Crippen molar-refractivity contribution in [1.29, 1.82) is 0 Å². The lowest BCUT2D eigenvalue weighted by Crippen LogP contribution is -2.11. The van der Waals surface area contributed by atoms with E-state index in [1.807, 2.05) is 26.0 Å². The first-order chi connectivity index (χ1) is 9.97. The molecule has 0 amide bonds. The molecule has 6 nitrogen and oxygen atoms in total. The van der Waals surface area contributed by atoms with Gasteiger partial charge in [0.2, 0.25) is 5.16 Å². The topological polar surface area (TPSA) is 83.0 Å². The van der Waals surface area contributed by atoms with E-state index in [1.54, 1.807) is 19.1 Å². The summed E-state index contributed by atoms with van der Waals surface area (Å²) in [4.78, 5) is 11.7. The standard InChI is InChI=1S/C14H18N4O2S/c1-9(2)20-13(19)12-6-4-11(5-7-12)8-21-14-17-16-10(3)18(14)15/h4-7,9H,8,15H2,1-3H3. The number of carbonyl (C=O) groups excluding carboxylic acids is 1. The number of nitrogen functional groups attached to an aromatic ring is 1. The quantitative estimate of drug-likeness (QED) is 0.518. The molecular weight excluding hydrogens is 288 g/mol. The molecule has 0 atom stereocenters. The van der Waals surface area contributed by atoms with Gasteiger partial charge in [-0.1, -0.05) is 23.9 Å². The molecule has 112 valence electrons. The number of esters is 1. The van der Waals surface area contributed by atoms with Crippen LogP contribution in [0.15, 0.2) is 29.4 Å². The molecule has 1 aromatic carbocycles. The number of ether oxygens (including phenoxy) is 1. The molecule has 0 aliphatic rings. The maximum absolute atomic E-state index is 11.7. The summed E-state index contributed by atoms with van der Waals surface area (Å²) < 4.78 is 6.60. The summed E-state index contributed by atoms with van der Waals surface area (Å²) in [5.41, 5.74) is 1.62. The largest absolute Gasteiger partial charge is 0.459 e. The van der Waals surface area contributed by atoms with Crippen LogP contribution in [0.25, 0.3) is 0 Å². The fourth-order valence-electron chi connectivity index (χ4n) is 1.62. The Labute approximate surface area is 127 Å². The summed E-state index contributed by atoms with van der Waals surface area (Å²) in [6.07, 6.45) is -0.119. The number of carbonyl (C=O) groups is 1. The number of nitrogens with zero attached hydrogens (tertiary/aromatic N) is 3. The highest BCUT2D eigenvalue weighted by molar-refractivity contribution is 7.98. The van der Waals surface area contributed by atoms with Crippen molar-refractivity contribution >= 4 is 17.7 Å². The van der Waals surface area contributed by atoms with Gasteiger partial charge in [0.1, 0.15) is 5.82 Å². The van der Waals surface area contributed by atoms with Crippen LogP contribution in [-0.4, -0.2) is 26.9 Å². The van der Waals surface area contributed by atoms with Gasteiger partial charge >= 0.3 is 5.97 Å². The first kappa shape index (κ1) is 15.4. The van der Waals surface area contributed by atoms with Gasteiger partial charge in [0.05, 0.1) is 11.7 Å². The Morgan fingerprint density at radius 2 is 2.00 bits per heavy atom. The van der Waals surface area contributed by atoms with Gasteiger partial charge in [-0.25, -0.2) is 9.47 Å². The van der Waals surface area contributed by atoms with Crippen LogP contribution < -0.4 is 5.84 Å². The molecule has 1 heterocycles. The van der Waals surface area contributed by atoms with Crippen molar-refractivity contribution in [3.63, 3.8) is 0 Å². The molecule has 0 radical (unpaired) electrons. The van der Waals surface area contributed by atoms with Crippen molar-refractivity contribution in [2.75, 3.05) is 5.84 Å². The van der Waals surface area contributed by atoms with Crippen molar-refractivity contribution < 1.29 is 9.53 Å². The van der Waals surface area contributed by atoms with Crippen molar-refractivity contribution in [2.24, 2.45) is 0 Å². The maximum atomic E-state index is 11.7. The SMILES string of the molecule is Cc1nnc(SCc2ccc(C(=O)OC(C)C)cc2)n1N. The lowest BCUT2D eigenvalue weighted by molar-refractivity contribution is 0.0378. The van der Waals surface area contributed by atoms with Gasteiger partial charge in [-0.05, 0) is 38.5 Å². The summed E-state index contributed by atoms with van der Waals surface area (Å²) in [6.45, 7) is 5.45. The normalized spacial score (nSPS) is 10.9. The lowest BCUT2D eigenvalue weighted by atomic mass is 10.1. The average molecular weight is 306 g/mol. The smallest absolute Gasteiger partial charge is 0.338 e. The minimum Gasteiger partial charge on any atom is -0.459 e. The summed E-state index contributed by atoms with van der Waals surface area (Å²) in [5, 5.41) is 8.55. The molecule has 2 N–H and O–H groups in total. The molecule has 0 aliphatic carbocycles. The second-order valence-electron chi connectivity index (χ2n) is 4.84. The highest BCUT2D eigenvalue weighted by atomic mass is 32.2. The zero-order valence-electron chi connectivity index (χ0n) is 12.2. The van der Waals surface area contributed by atoms with Gasteiger partial charge in [0, 0.05) is 5.75 Å². The zero-order valence-corrected chi connectivity index (χ0v) is 13.1. The van der Waals surface area contributed by atoms with E-state index >= 15 is 0 Å². The second kappa shape index (κ2) is 6.62. The molecule has 0 saturated carbocycles. The van der Waals surface area contributed by atoms with E-state index in [-0.39, 0.29) is 12.1 Å². The molecule has 1 aromatic heterocycles. The van der Waals surface area contributed by atoms with Gasteiger partial charge in [-0.2, -0.15) is 0 Å². The summed E-state index contributed by atoms with van der Waals surface area (Å²) in [6, 6.07) is 7.32. The Bertz CT molecular complexity index is 622. The molecule has 2 aromatic rings. The zero-order chi connectivity index (χ0) is 15.4. The van der Waals surface area contributed by atoms with E-state index in [0.29, 0.717) is 22.3 Å². The Morgan fingerprint density at radius 3 is 2.52 bits per heavy atom. The third kappa shape index (κ3) is 3.98. The van der Waals surface area contributed by atoms with Crippen LogP contribution in [0.5, 0.6) is 0 Å². The van der Waals surface area contributed by atoms with Crippen molar-refractivity contribution in [2.45, 2.75) is 37.8 Å². The fourth-order valence-corrected chi connectivity index (χ4v) is 2.47. The molecule has 0 unspecified atom stereocenters. The van der Waals surface area contributed by atoms with Crippen LogP contribution in [0.4, 0.5) is 0 Å². The molecule has 0 saturated heterocycles. The molecule has 0 fully saturated rings. The molecule has 2 rings (SSSR count). The minimum absolute atomic E-state index is 0.119. The van der Waals surface area contributed by atoms with E-state index < -0.39 is 0 Å². The predicted octanol–water partition coefficient (Wildman–Crippen LogP) is 2.16. The van der Waals surface area contributed by atoms with Gasteiger partial charge in [0.15, 0.2) is 0 Å². The van der Waals surface area contributed by atoms with E-state index in [0.717, 1.165) is 5.56 Å². The first-order valence-corrected chi connectivity index (χ1v) is 7.55. The van der Waals surface area contributed by atoms with Crippen molar-refractivity contribution in [3.8, 4) is 0 Å². The van der Waals surface area contributed by atoms with Gasteiger partial charge < -0.3 is 10.6 Å². The summed E-state index contributed by atoms with van der Waals surface area (Å²) in [7, 11) is 0. The molecule has 21 heavy (non-hydrogen) atoms. The van der Waals surface area contributed by atoms with Crippen LogP contribution >= 0.6 is 11.8 Å². The van der Waals surface area contributed by atoms with Gasteiger partial charge in [-0.15, -0.1) is 10.2 Å². The number of benzene rings is 1. The predicted molar refractivity (Wildman–Crippen MR) is 81.5 cm³/mol. The van der Waals surface area contributed by atoms with Crippen molar-refractivity contribution in [1.82, 2.24) is 14.9 Å². The summed E-state index contributed by atoms with van der Waals surface area (Å²) in [5.74, 6) is 6.86. The number of nitrogens with two attached hydrogens (primary N) is 1. The third-order valence-electron chi connectivity index (χ3n) is 2.74. The van der Waals surface area contributed by atoms with Crippen LogP contribution in [0.3, 0.4) is 0 Å². The number of aryl methyl sites for hydroxylation is 1. The monoisotopic (exact) mass is 306 g/mol. The number of hydrogen-bond donors (Lipinski definition) is 1. The Hall–Kier alpha value is -2.02. The van der Waals surface area contributed by atoms with Crippen molar-refractivity contribution in [3.05, 3.63) is 41.2 Å². The molecule has 0 aliphatic heterocycles. The van der Waals surface area contributed by atoms with E-state index in [1.165, 1.54) is 16.4 Å². The van der Waals surface area contributed by atoms with Crippen LogP contribution in [0, 0.1) is 6.92 Å². The number of rotatable bonds is 5. The number of thioether (sulfide) groups is 1. The molecule has 7 heteroatoms. The number of hydrogen-bond acceptors (Lipinski definition) is 6. The lowest BCUT2D eigenvalue weighted by Gasteiger charge is -2.08.